The molecule has 1 heterocycles. The molecule has 1 aromatic rings. The number of hydrogen-bond acceptors (Lipinski definition) is 4. The molecule has 0 atom stereocenters. The second-order valence-electron chi connectivity index (χ2n) is 3.04. The Bertz CT molecular complexity index is 416. The molecule has 0 bridgehead atoms. The van der Waals surface area contributed by atoms with Crippen molar-refractivity contribution in [3.05, 3.63) is 20.8 Å². The molecule has 0 spiro atoms. The number of rotatable bonds is 7. The molecule has 0 aliphatic heterocycles. The number of nitrogens with one attached hydrogen (secondary N) is 1. The van der Waals surface area contributed by atoms with E-state index in [-0.39, 0.29) is 12.4 Å². The van der Waals surface area contributed by atoms with Gasteiger partial charge in [-0.2, -0.15) is 0 Å². The average molecular weight is 328 g/mol. The molecule has 0 aliphatic carbocycles. The van der Waals surface area contributed by atoms with Gasteiger partial charge < -0.3 is 4.74 Å². The average Bonchev–Trinajstić information content (AvgIpc) is 2.62. The summed E-state index contributed by atoms with van der Waals surface area (Å²) in [5, 5.41) is 0. The quantitative estimate of drug-likeness (QED) is 0.779. The smallest absolute Gasteiger partial charge is 0.214 e. The normalized spacial score (nSPS) is 11.9. The molecule has 0 aromatic carbocycles. The maximum atomic E-state index is 11.5. The first-order chi connectivity index (χ1) is 7.53. The van der Waals surface area contributed by atoms with Crippen LogP contribution in [0.2, 0.25) is 0 Å². The number of sulfonamides is 1. The van der Waals surface area contributed by atoms with Crippen molar-refractivity contribution in [1.82, 2.24) is 4.72 Å². The summed E-state index contributed by atoms with van der Waals surface area (Å²) in [6.07, 6.45) is 0. The molecule has 0 saturated carbocycles. The van der Waals surface area contributed by atoms with Crippen LogP contribution in [0.15, 0.2) is 15.9 Å². The Hall–Kier alpha value is 0.0500. The van der Waals surface area contributed by atoms with Crippen molar-refractivity contribution in [2.45, 2.75) is 13.5 Å². The van der Waals surface area contributed by atoms with Crippen LogP contribution >= 0.6 is 27.3 Å². The Kier molecular flexibility index (Phi) is 5.91. The van der Waals surface area contributed by atoms with Gasteiger partial charge in [-0.25, -0.2) is 13.1 Å². The zero-order chi connectivity index (χ0) is 12.0. The zero-order valence-electron chi connectivity index (χ0n) is 8.90. The Labute approximate surface area is 108 Å². The largest absolute Gasteiger partial charge is 0.381 e. The highest BCUT2D eigenvalue weighted by atomic mass is 79.9. The lowest BCUT2D eigenvalue weighted by Crippen LogP contribution is -2.27. The number of hydrogen-bond donors (Lipinski definition) is 1. The van der Waals surface area contributed by atoms with Crippen LogP contribution in [0.1, 0.15) is 11.8 Å². The summed E-state index contributed by atoms with van der Waals surface area (Å²) in [4.78, 5) is 0.979. The lowest BCUT2D eigenvalue weighted by molar-refractivity contribution is 0.163. The van der Waals surface area contributed by atoms with Gasteiger partial charge in [0.15, 0.2) is 0 Å². The van der Waals surface area contributed by atoms with Crippen LogP contribution in [0.4, 0.5) is 0 Å². The van der Waals surface area contributed by atoms with E-state index in [0.29, 0.717) is 13.2 Å². The molecule has 0 unspecified atom stereocenters. The first-order valence-electron chi connectivity index (χ1n) is 4.83. The fourth-order valence-corrected chi connectivity index (χ4v) is 3.38. The fourth-order valence-electron chi connectivity index (χ4n) is 1.01. The van der Waals surface area contributed by atoms with E-state index in [0.717, 1.165) is 8.66 Å². The summed E-state index contributed by atoms with van der Waals surface area (Å²) in [6.45, 7) is 2.95. The minimum absolute atomic E-state index is 0.00733. The van der Waals surface area contributed by atoms with Gasteiger partial charge in [0.05, 0.1) is 16.1 Å². The fraction of sp³-hybridized carbons (Fsp3) is 0.556. The summed E-state index contributed by atoms with van der Waals surface area (Å²) < 4.78 is 31.5. The highest BCUT2D eigenvalue weighted by Gasteiger charge is 2.10. The monoisotopic (exact) mass is 327 g/mol. The summed E-state index contributed by atoms with van der Waals surface area (Å²) in [6, 6.07) is 3.79. The minimum Gasteiger partial charge on any atom is -0.381 e. The second-order valence-corrected chi connectivity index (χ2v) is 7.52. The predicted octanol–water partition coefficient (Wildman–Crippen LogP) is 1.97. The Balaban J connectivity index is 2.36. The van der Waals surface area contributed by atoms with Crippen molar-refractivity contribution in [1.29, 1.82) is 0 Å². The van der Waals surface area contributed by atoms with Crippen molar-refractivity contribution in [2.75, 3.05) is 19.0 Å². The van der Waals surface area contributed by atoms with Crippen LogP contribution in [0.5, 0.6) is 0 Å². The van der Waals surface area contributed by atoms with E-state index in [1.165, 1.54) is 11.3 Å². The standard InChI is InChI=1S/C9H14BrNO3S2/c1-2-14-5-6-16(12,13)11-7-8-3-4-9(10)15-8/h3-4,11H,2,5-7H2,1H3. The number of ether oxygens (including phenoxy) is 1. The van der Waals surface area contributed by atoms with Gasteiger partial charge in [-0.15, -0.1) is 11.3 Å². The van der Waals surface area contributed by atoms with E-state index in [2.05, 4.69) is 20.7 Å². The molecular formula is C9H14BrNO3S2. The van der Waals surface area contributed by atoms with Crippen molar-refractivity contribution in [3.63, 3.8) is 0 Å². The lowest BCUT2D eigenvalue weighted by atomic mass is 10.5. The third-order valence-corrected chi connectivity index (χ3v) is 4.71. The molecule has 1 aromatic heterocycles. The van der Waals surface area contributed by atoms with Crippen molar-refractivity contribution in [3.8, 4) is 0 Å². The predicted molar refractivity (Wildman–Crippen MR) is 69.1 cm³/mol. The highest BCUT2D eigenvalue weighted by Crippen LogP contribution is 2.21. The maximum absolute atomic E-state index is 11.5. The Morgan fingerprint density at radius 2 is 2.25 bits per heavy atom. The van der Waals surface area contributed by atoms with Crippen molar-refractivity contribution in [2.24, 2.45) is 0 Å². The molecule has 0 aliphatic rings. The summed E-state index contributed by atoms with van der Waals surface area (Å²) in [5.74, 6) is 0.00733. The van der Waals surface area contributed by atoms with Gasteiger partial charge in [-0.3, -0.25) is 0 Å². The summed E-state index contributed by atoms with van der Waals surface area (Å²) in [7, 11) is -3.23. The molecular weight excluding hydrogens is 314 g/mol. The van der Waals surface area contributed by atoms with Crippen LogP contribution in [-0.2, 0) is 21.3 Å². The molecule has 4 nitrogen and oxygen atoms in total. The molecule has 0 saturated heterocycles. The van der Waals surface area contributed by atoms with E-state index in [4.69, 9.17) is 4.74 Å². The third kappa shape index (κ3) is 5.40. The van der Waals surface area contributed by atoms with Crippen LogP contribution in [0.25, 0.3) is 0 Å². The van der Waals surface area contributed by atoms with Gasteiger partial charge in [0, 0.05) is 18.0 Å². The van der Waals surface area contributed by atoms with Gasteiger partial charge >= 0.3 is 0 Å². The first-order valence-corrected chi connectivity index (χ1v) is 8.09. The molecule has 0 amide bonds. The lowest BCUT2D eigenvalue weighted by Gasteiger charge is -2.05. The Morgan fingerprint density at radius 1 is 1.50 bits per heavy atom. The van der Waals surface area contributed by atoms with Crippen molar-refractivity contribution >= 4 is 37.3 Å². The van der Waals surface area contributed by atoms with Gasteiger partial charge in [-0.1, -0.05) is 0 Å². The SMILES string of the molecule is CCOCCS(=O)(=O)NCc1ccc(Br)s1. The van der Waals surface area contributed by atoms with Gasteiger partial charge in [0.1, 0.15) is 0 Å². The molecule has 92 valence electrons. The topological polar surface area (TPSA) is 55.4 Å². The Morgan fingerprint density at radius 3 is 2.81 bits per heavy atom. The summed E-state index contributed by atoms with van der Waals surface area (Å²) >= 11 is 4.84. The van der Waals surface area contributed by atoms with Crippen molar-refractivity contribution < 1.29 is 13.2 Å². The number of halogens is 1. The molecule has 1 rings (SSSR count). The third-order valence-electron chi connectivity index (χ3n) is 1.80. The van der Waals surface area contributed by atoms with E-state index in [9.17, 15) is 8.42 Å². The van der Waals surface area contributed by atoms with E-state index in [1.807, 2.05) is 19.1 Å². The maximum Gasteiger partial charge on any atom is 0.214 e. The van der Waals surface area contributed by atoms with Crippen LogP contribution in [0, 0.1) is 0 Å². The second kappa shape index (κ2) is 6.70. The van der Waals surface area contributed by atoms with Gasteiger partial charge in [0.25, 0.3) is 0 Å². The van der Waals surface area contributed by atoms with Crippen LogP contribution in [0.3, 0.4) is 0 Å². The van der Waals surface area contributed by atoms with Gasteiger partial charge in [0.2, 0.25) is 10.0 Å². The van der Waals surface area contributed by atoms with E-state index >= 15 is 0 Å². The van der Waals surface area contributed by atoms with Crippen LogP contribution in [-0.4, -0.2) is 27.4 Å². The van der Waals surface area contributed by atoms with E-state index < -0.39 is 10.0 Å². The van der Waals surface area contributed by atoms with Crippen LogP contribution < -0.4 is 4.72 Å². The number of thiophene rings is 1. The first kappa shape index (κ1) is 14.1. The summed E-state index contributed by atoms with van der Waals surface area (Å²) in [5.41, 5.74) is 0. The minimum atomic E-state index is -3.23. The molecule has 0 fully saturated rings. The molecule has 0 radical (unpaired) electrons. The zero-order valence-corrected chi connectivity index (χ0v) is 12.1. The van der Waals surface area contributed by atoms with E-state index in [1.54, 1.807) is 0 Å². The molecule has 16 heavy (non-hydrogen) atoms. The highest BCUT2D eigenvalue weighted by molar-refractivity contribution is 9.11. The molecule has 1 N–H and O–H groups in total. The van der Waals surface area contributed by atoms with Gasteiger partial charge in [-0.05, 0) is 35.0 Å². The molecule has 7 heteroatoms.